The Hall–Kier alpha value is -0.900. The minimum atomic E-state index is -0.366. The fourth-order valence-corrected chi connectivity index (χ4v) is 1.72. The Kier molecular flexibility index (Phi) is 4.27. The van der Waals surface area contributed by atoms with Crippen molar-refractivity contribution >= 4 is 21.7 Å². The number of ketones is 1. The van der Waals surface area contributed by atoms with Crippen molar-refractivity contribution < 1.29 is 13.9 Å². The highest BCUT2D eigenvalue weighted by molar-refractivity contribution is 9.10. The molecule has 1 unspecified atom stereocenters. The third-order valence-corrected chi connectivity index (χ3v) is 2.21. The van der Waals surface area contributed by atoms with E-state index in [1.165, 1.54) is 19.1 Å². The van der Waals surface area contributed by atoms with Crippen LogP contribution in [0.15, 0.2) is 22.7 Å². The van der Waals surface area contributed by atoms with Crippen LogP contribution >= 0.6 is 15.9 Å². The van der Waals surface area contributed by atoms with E-state index in [1.54, 1.807) is 13.0 Å². The van der Waals surface area contributed by atoms with Gasteiger partial charge in [0.2, 0.25) is 0 Å². The van der Waals surface area contributed by atoms with Gasteiger partial charge in [-0.15, -0.1) is 0 Å². The van der Waals surface area contributed by atoms with Gasteiger partial charge in [-0.05, 0) is 26.0 Å². The van der Waals surface area contributed by atoms with Crippen molar-refractivity contribution in [2.75, 3.05) is 0 Å². The van der Waals surface area contributed by atoms with Gasteiger partial charge in [0.15, 0.2) is 0 Å². The van der Waals surface area contributed by atoms with Crippen LogP contribution in [0.1, 0.15) is 20.3 Å². The molecule has 0 spiro atoms. The molecule has 1 rings (SSSR count). The second kappa shape index (κ2) is 5.26. The molecule has 2 nitrogen and oxygen atoms in total. The molecule has 0 aliphatic heterocycles. The van der Waals surface area contributed by atoms with E-state index in [1.807, 2.05) is 0 Å². The SMILES string of the molecule is CC(=O)CC(C)Oc1cc(F)cc(Br)c1. The van der Waals surface area contributed by atoms with Crippen LogP contribution in [0.5, 0.6) is 5.75 Å². The molecule has 0 radical (unpaired) electrons. The van der Waals surface area contributed by atoms with Crippen LogP contribution in [0.4, 0.5) is 4.39 Å². The van der Waals surface area contributed by atoms with E-state index in [-0.39, 0.29) is 17.7 Å². The molecular formula is C11H12BrFO2. The molecule has 4 heteroatoms. The Bertz CT molecular complexity index is 345. The molecule has 82 valence electrons. The fourth-order valence-electron chi connectivity index (χ4n) is 1.28. The van der Waals surface area contributed by atoms with Gasteiger partial charge in [0.25, 0.3) is 0 Å². The topological polar surface area (TPSA) is 26.3 Å². The molecule has 0 aromatic heterocycles. The third kappa shape index (κ3) is 4.42. The summed E-state index contributed by atoms with van der Waals surface area (Å²) in [6, 6.07) is 4.31. The minimum Gasteiger partial charge on any atom is -0.490 e. The van der Waals surface area contributed by atoms with Crippen LogP contribution in [0.3, 0.4) is 0 Å². The molecule has 0 saturated heterocycles. The average Bonchev–Trinajstić information content (AvgIpc) is 1.98. The van der Waals surface area contributed by atoms with Gasteiger partial charge in [-0.3, -0.25) is 4.79 Å². The number of Topliss-reactive ketones (excluding diaryl/α,β-unsaturated/α-hetero) is 1. The molecule has 0 amide bonds. The molecule has 0 bridgehead atoms. The average molecular weight is 275 g/mol. The lowest BCUT2D eigenvalue weighted by atomic mass is 10.2. The summed E-state index contributed by atoms with van der Waals surface area (Å²) < 4.78 is 19.0. The van der Waals surface area contributed by atoms with Gasteiger partial charge in [0.05, 0.1) is 0 Å². The molecule has 1 atom stereocenters. The summed E-state index contributed by atoms with van der Waals surface area (Å²) >= 11 is 3.17. The van der Waals surface area contributed by atoms with E-state index in [2.05, 4.69) is 15.9 Å². The highest BCUT2D eigenvalue weighted by atomic mass is 79.9. The number of hydrogen-bond acceptors (Lipinski definition) is 2. The lowest BCUT2D eigenvalue weighted by molar-refractivity contribution is -0.118. The van der Waals surface area contributed by atoms with E-state index in [0.29, 0.717) is 16.6 Å². The van der Waals surface area contributed by atoms with Crippen LogP contribution in [0.2, 0.25) is 0 Å². The predicted octanol–water partition coefficient (Wildman–Crippen LogP) is 3.33. The monoisotopic (exact) mass is 274 g/mol. The largest absolute Gasteiger partial charge is 0.490 e. The van der Waals surface area contributed by atoms with Crippen LogP contribution in [0.25, 0.3) is 0 Å². The van der Waals surface area contributed by atoms with Gasteiger partial charge in [0, 0.05) is 17.0 Å². The quantitative estimate of drug-likeness (QED) is 0.842. The Labute approximate surface area is 96.6 Å². The maximum absolute atomic E-state index is 13.0. The van der Waals surface area contributed by atoms with Gasteiger partial charge in [-0.2, -0.15) is 0 Å². The highest BCUT2D eigenvalue weighted by Crippen LogP contribution is 2.21. The van der Waals surface area contributed by atoms with Crippen molar-refractivity contribution in [2.24, 2.45) is 0 Å². The summed E-state index contributed by atoms with van der Waals surface area (Å²) in [7, 11) is 0. The first kappa shape index (κ1) is 12.2. The van der Waals surface area contributed by atoms with Crippen molar-refractivity contribution in [2.45, 2.75) is 26.4 Å². The predicted molar refractivity (Wildman–Crippen MR) is 59.5 cm³/mol. The Balaban J connectivity index is 2.67. The van der Waals surface area contributed by atoms with Crippen molar-refractivity contribution in [1.29, 1.82) is 0 Å². The van der Waals surface area contributed by atoms with Gasteiger partial charge in [0.1, 0.15) is 23.5 Å². The number of rotatable bonds is 4. The lowest BCUT2D eigenvalue weighted by Gasteiger charge is -2.13. The van der Waals surface area contributed by atoms with Crippen LogP contribution < -0.4 is 4.74 Å². The summed E-state index contributed by atoms with van der Waals surface area (Å²) in [6.45, 7) is 3.28. The minimum absolute atomic E-state index is 0.0537. The smallest absolute Gasteiger partial charge is 0.133 e. The third-order valence-electron chi connectivity index (χ3n) is 1.75. The maximum Gasteiger partial charge on any atom is 0.133 e. The zero-order valence-electron chi connectivity index (χ0n) is 8.59. The molecule has 0 aliphatic rings. The van der Waals surface area contributed by atoms with Crippen LogP contribution in [0, 0.1) is 5.82 Å². The van der Waals surface area contributed by atoms with E-state index in [4.69, 9.17) is 4.74 Å². The maximum atomic E-state index is 13.0. The number of carbonyl (C=O) groups is 1. The summed E-state index contributed by atoms with van der Waals surface area (Å²) in [6.07, 6.45) is 0.0879. The first-order chi connectivity index (χ1) is 6.97. The molecule has 0 fully saturated rings. The number of benzene rings is 1. The normalized spacial score (nSPS) is 12.3. The number of hydrogen-bond donors (Lipinski definition) is 0. The van der Waals surface area contributed by atoms with E-state index in [0.717, 1.165) is 0 Å². The summed E-state index contributed by atoms with van der Waals surface area (Å²) in [5, 5.41) is 0. The Morgan fingerprint density at radius 2 is 2.20 bits per heavy atom. The summed E-state index contributed by atoms with van der Waals surface area (Å²) in [5.74, 6) is 0.114. The first-order valence-electron chi connectivity index (χ1n) is 4.59. The fraction of sp³-hybridized carbons (Fsp3) is 0.364. The summed E-state index contributed by atoms with van der Waals surface area (Å²) in [4.78, 5) is 10.8. The van der Waals surface area contributed by atoms with Crippen LogP contribution in [-0.2, 0) is 4.79 Å². The number of carbonyl (C=O) groups excluding carboxylic acids is 1. The zero-order valence-corrected chi connectivity index (χ0v) is 10.2. The molecule has 1 aromatic carbocycles. The molecule has 0 heterocycles. The molecular weight excluding hydrogens is 263 g/mol. The molecule has 0 aliphatic carbocycles. The van der Waals surface area contributed by atoms with Gasteiger partial charge in [-0.25, -0.2) is 4.39 Å². The molecule has 1 aromatic rings. The first-order valence-corrected chi connectivity index (χ1v) is 5.39. The second-order valence-electron chi connectivity index (χ2n) is 3.44. The van der Waals surface area contributed by atoms with Gasteiger partial charge in [-0.1, -0.05) is 15.9 Å². The van der Waals surface area contributed by atoms with Gasteiger partial charge >= 0.3 is 0 Å². The number of halogens is 2. The van der Waals surface area contributed by atoms with Crippen LogP contribution in [-0.4, -0.2) is 11.9 Å². The second-order valence-corrected chi connectivity index (χ2v) is 4.36. The van der Waals surface area contributed by atoms with Crippen molar-refractivity contribution in [1.82, 2.24) is 0 Å². The Morgan fingerprint density at radius 3 is 2.73 bits per heavy atom. The van der Waals surface area contributed by atoms with Crippen molar-refractivity contribution in [3.63, 3.8) is 0 Å². The van der Waals surface area contributed by atoms with Crippen molar-refractivity contribution in [3.8, 4) is 5.75 Å². The van der Waals surface area contributed by atoms with Crippen molar-refractivity contribution in [3.05, 3.63) is 28.5 Å². The zero-order chi connectivity index (χ0) is 11.4. The lowest BCUT2D eigenvalue weighted by Crippen LogP contribution is -2.15. The number of ether oxygens (including phenoxy) is 1. The van der Waals surface area contributed by atoms with E-state index in [9.17, 15) is 9.18 Å². The summed E-state index contributed by atoms with van der Waals surface area (Å²) in [5.41, 5.74) is 0. The molecule has 0 saturated carbocycles. The molecule has 15 heavy (non-hydrogen) atoms. The van der Waals surface area contributed by atoms with Gasteiger partial charge < -0.3 is 4.74 Å². The van der Waals surface area contributed by atoms with E-state index >= 15 is 0 Å². The molecule has 0 N–H and O–H groups in total. The van der Waals surface area contributed by atoms with E-state index < -0.39 is 0 Å². The highest BCUT2D eigenvalue weighted by Gasteiger charge is 2.08. The Morgan fingerprint density at radius 1 is 1.53 bits per heavy atom. The standard InChI is InChI=1S/C11H12BrFO2/c1-7(14)3-8(2)15-11-5-9(12)4-10(13)6-11/h4-6,8H,3H2,1-2H3.